The van der Waals surface area contributed by atoms with Gasteiger partial charge in [-0.3, -0.25) is 0 Å². The van der Waals surface area contributed by atoms with Gasteiger partial charge >= 0.3 is 0 Å². The highest BCUT2D eigenvalue weighted by Crippen LogP contribution is 2.33. The van der Waals surface area contributed by atoms with Crippen LogP contribution in [0.2, 0.25) is 0 Å². The minimum Gasteiger partial charge on any atom is -0.504 e. The smallest absolute Gasteiger partial charge is 0.213 e. The molecule has 26 heavy (non-hydrogen) atoms. The van der Waals surface area contributed by atoms with Gasteiger partial charge in [-0.05, 0) is 41.6 Å². The molecular formula is C21H21F2NO2. The highest BCUT2D eigenvalue weighted by atomic mass is 19.2. The maximum Gasteiger partial charge on any atom is 0.213 e. The molecule has 0 unspecified atom stereocenters. The zero-order valence-electron chi connectivity index (χ0n) is 14.6. The van der Waals surface area contributed by atoms with Crippen LogP contribution in [-0.4, -0.2) is 16.7 Å². The third-order valence-corrected chi connectivity index (χ3v) is 4.32. The largest absolute Gasteiger partial charge is 0.504 e. The van der Waals surface area contributed by atoms with Crippen LogP contribution in [0.25, 0.3) is 21.9 Å². The van der Waals surface area contributed by atoms with Crippen LogP contribution >= 0.6 is 0 Å². The number of ether oxygens (including phenoxy) is 1. The van der Waals surface area contributed by atoms with Crippen molar-refractivity contribution in [1.29, 1.82) is 0 Å². The van der Waals surface area contributed by atoms with Crippen LogP contribution in [0.15, 0.2) is 42.6 Å². The minimum absolute atomic E-state index is 0.271. The summed E-state index contributed by atoms with van der Waals surface area (Å²) in [4.78, 5) is 4.30. The van der Waals surface area contributed by atoms with Crippen LogP contribution in [0.5, 0.6) is 11.6 Å². The fraction of sp³-hybridized carbons (Fsp3) is 0.286. The fourth-order valence-electron chi connectivity index (χ4n) is 2.85. The highest BCUT2D eigenvalue weighted by Gasteiger charge is 2.13. The Labute approximate surface area is 151 Å². The number of rotatable bonds is 7. The van der Waals surface area contributed by atoms with Crippen LogP contribution in [0.1, 0.15) is 32.6 Å². The maximum absolute atomic E-state index is 13.5. The van der Waals surface area contributed by atoms with Gasteiger partial charge in [0, 0.05) is 23.2 Å². The van der Waals surface area contributed by atoms with E-state index in [1.54, 1.807) is 30.5 Å². The fourth-order valence-corrected chi connectivity index (χ4v) is 2.85. The van der Waals surface area contributed by atoms with Gasteiger partial charge in [0.2, 0.25) is 11.7 Å². The number of hydrogen-bond acceptors (Lipinski definition) is 3. The van der Waals surface area contributed by atoms with Gasteiger partial charge in [-0.15, -0.1) is 0 Å². The molecule has 3 nitrogen and oxygen atoms in total. The van der Waals surface area contributed by atoms with Crippen molar-refractivity contribution in [2.75, 3.05) is 6.61 Å². The molecule has 0 aliphatic rings. The molecule has 0 fully saturated rings. The molecule has 0 spiro atoms. The van der Waals surface area contributed by atoms with Crippen molar-refractivity contribution in [2.24, 2.45) is 0 Å². The van der Waals surface area contributed by atoms with E-state index in [9.17, 15) is 13.9 Å². The van der Waals surface area contributed by atoms with Crippen LogP contribution < -0.4 is 4.74 Å². The number of phenols is 1. The number of hydrogen-bond donors (Lipinski definition) is 1. The van der Waals surface area contributed by atoms with E-state index in [-0.39, 0.29) is 5.39 Å². The lowest BCUT2D eigenvalue weighted by Gasteiger charge is -2.08. The lowest BCUT2D eigenvalue weighted by Crippen LogP contribution is -1.98. The molecule has 0 saturated carbocycles. The number of aromatic hydroxyl groups is 1. The number of benzene rings is 2. The predicted octanol–water partition coefficient (Wildman–Crippen LogP) is 5.84. The first kappa shape index (κ1) is 18.1. The van der Waals surface area contributed by atoms with E-state index < -0.39 is 17.4 Å². The standard InChI is InChI=1S/C21H21F2NO2/c1-2-3-4-5-10-26-19-9-7-15(13-24-19)14-6-8-17-16(11-14)12-18(22)20(23)21(17)25/h6-9,11-13,25H,2-5,10H2,1H3. The van der Waals surface area contributed by atoms with Gasteiger partial charge in [0.15, 0.2) is 11.6 Å². The molecule has 3 rings (SSSR count). The third-order valence-electron chi connectivity index (χ3n) is 4.32. The quantitative estimate of drug-likeness (QED) is 0.540. The van der Waals surface area contributed by atoms with Crippen LogP contribution in [-0.2, 0) is 0 Å². The monoisotopic (exact) mass is 357 g/mol. The first-order chi connectivity index (χ1) is 12.6. The van der Waals surface area contributed by atoms with Gasteiger partial charge in [0.1, 0.15) is 0 Å². The topological polar surface area (TPSA) is 42.4 Å². The molecule has 1 heterocycles. The van der Waals surface area contributed by atoms with Gasteiger partial charge in [0.05, 0.1) is 6.61 Å². The van der Waals surface area contributed by atoms with Crippen molar-refractivity contribution < 1.29 is 18.6 Å². The Kier molecular flexibility index (Phi) is 5.66. The van der Waals surface area contributed by atoms with Gasteiger partial charge in [0.25, 0.3) is 0 Å². The number of pyridine rings is 1. The zero-order valence-corrected chi connectivity index (χ0v) is 14.6. The summed E-state index contributed by atoms with van der Waals surface area (Å²) in [5.74, 6) is -2.40. The molecule has 5 heteroatoms. The predicted molar refractivity (Wildman–Crippen MR) is 98.4 cm³/mol. The summed E-state index contributed by atoms with van der Waals surface area (Å²) in [5.41, 5.74) is 1.62. The van der Waals surface area contributed by atoms with Crippen LogP contribution in [0.3, 0.4) is 0 Å². The molecule has 0 bridgehead atoms. The lowest BCUT2D eigenvalue weighted by atomic mass is 10.0. The highest BCUT2D eigenvalue weighted by molar-refractivity contribution is 5.91. The van der Waals surface area contributed by atoms with Crippen molar-refractivity contribution in [3.05, 3.63) is 54.2 Å². The molecule has 0 aliphatic heterocycles. The average Bonchev–Trinajstić information content (AvgIpc) is 2.66. The second kappa shape index (κ2) is 8.13. The molecule has 1 aromatic heterocycles. The Morgan fingerprint density at radius 1 is 1.00 bits per heavy atom. The van der Waals surface area contributed by atoms with Crippen molar-refractivity contribution >= 4 is 10.8 Å². The molecule has 0 amide bonds. The van der Waals surface area contributed by atoms with Gasteiger partial charge in [-0.2, -0.15) is 4.39 Å². The average molecular weight is 357 g/mol. The van der Waals surface area contributed by atoms with Gasteiger partial charge in [-0.1, -0.05) is 32.3 Å². The van der Waals surface area contributed by atoms with E-state index in [1.807, 2.05) is 6.07 Å². The SMILES string of the molecule is CCCCCCOc1ccc(-c2ccc3c(O)c(F)c(F)cc3c2)cn1. The summed E-state index contributed by atoms with van der Waals surface area (Å²) in [5, 5.41) is 10.4. The van der Waals surface area contributed by atoms with Crippen LogP contribution in [0, 0.1) is 11.6 Å². The summed E-state index contributed by atoms with van der Waals surface area (Å²) in [6, 6.07) is 9.74. The third kappa shape index (κ3) is 3.93. The van der Waals surface area contributed by atoms with Crippen molar-refractivity contribution in [1.82, 2.24) is 4.98 Å². The van der Waals surface area contributed by atoms with E-state index in [1.165, 1.54) is 12.8 Å². The Morgan fingerprint density at radius 3 is 2.54 bits per heavy atom. The summed E-state index contributed by atoms with van der Waals surface area (Å²) in [6.07, 6.45) is 6.23. The summed E-state index contributed by atoms with van der Waals surface area (Å²) in [6.45, 7) is 2.81. The zero-order chi connectivity index (χ0) is 18.5. The van der Waals surface area contributed by atoms with E-state index >= 15 is 0 Å². The molecule has 2 aromatic carbocycles. The number of fused-ring (bicyclic) bond motifs is 1. The normalized spacial score (nSPS) is 11.0. The second-order valence-corrected chi connectivity index (χ2v) is 6.25. The Bertz CT molecular complexity index is 895. The van der Waals surface area contributed by atoms with Crippen molar-refractivity contribution in [2.45, 2.75) is 32.6 Å². The summed E-state index contributed by atoms with van der Waals surface area (Å²) >= 11 is 0. The van der Waals surface area contributed by atoms with Crippen LogP contribution in [0.4, 0.5) is 8.78 Å². The number of halogens is 2. The van der Waals surface area contributed by atoms with Crippen molar-refractivity contribution in [3.8, 4) is 22.8 Å². The van der Waals surface area contributed by atoms with E-state index in [2.05, 4.69) is 11.9 Å². The first-order valence-corrected chi connectivity index (χ1v) is 8.80. The van der Waals surface area contributed by atoms with E-state index in [0.717, 1.165) is 30.0 Å². The van der Waals surface area contributed by atoms with Gasteiger partial charge < -0.3 is 9.84 Å². The molecule has 0 saturated heterocycles. The molecule has 136 valence electrons. The summed E-state index contributed by atoms with van der Waals surface area (Å²) in [7, 11) is 0. The number of aromatic nitrogens is 1. The van der Waals surface area contributed by atoms with Crippen molar-refractivity contribution in [3.63, 3.8) is 0 Å². The van der Waals surface area contributed by atoms with Gasteiger partial charge in [-0.25, -0.2) is 9.37 Å². The maximum atomic E-state index is 13.5. The Hall–Kier alpha value is -2.69. The minimum atomic E-state index is -1.23. The van der Waals surface area contributed by atoms with E-state index in [4.69, 9.17) is 4.74 Å². The number of nitrogens with zero attached hydrogens (tertiary/aromatic N) is 1. The molecule has 0 radical (unpaired) electrons. The lowest BCUT2D eigenvalue weighted by molar-refractivity contribution is 0.294. The number of unbranched alkanes of at least 4 members (excludes halogenated alkanes) is 3. The Balaban J connectivity index is 1.75. The molecule has 1 N–H and O–H groups in total. The molecule has 0 atom stereocenters. The van der Waals surface area contributed by atoms with E-state index in [0.29, 0.717) is 17.9 Å². The Morgan fingerprint density at radius 2 is 1.81 bits per heavy atom. The second-order valence-electron chi connectivity index (χ2n) is 6.25. The molecule has 3 aromatic rings. The number of phenolic OH excluding ortho intramolecular Hbond substituents is 1. The first-order valence-electron chi connectivity index (χ1n) is 8.80. The molecule has 0 aliphatic carbocycles. The molecular weight excluding hydrogens is 336 g/mol. The summed E-state index contributed by atoms with van der Waals surface area (Å²) < 4.78 is 32.6.